The van der Waals surface area contributed by atoms with Gasteiger partial charge in [0.1, 0.15) is 5.82 Å². The summed E-state index contributed by atoms with van der Waals surface area (Å²) in [4.78, 5) is 39.1. The third-order valence-corrected chi connectivity index (χ3v) is 4.61. The van der Waals surface area contributed by atoms with Crippen molar-refractivity contribution in [3.63, 3.8) is 0 Å². The molecule has 2 amide bonds. The Morgan fingerprint density at radius 2 is 1.53 bits per heavy atom. The largest absolute Gasteiger partial charge is 0.452 e. The van der Waals surface area contributed by atoms with Crippen LogP contribution < -0.4 is 10.2 Å². The Bertz CT molecular complexity index is 1100. The number of carbonyl (C=O) groups is 3. The van der Waals surface area contributed by atoms with E-state index in [9.17, 15) is 18.8 Å². The second-order valence-electron chi connectivity index (χ2n) is 6.74. The molecule has 0 bridgehead atoms. The van der Waals surface area contributed by atoms with E-state index in [0.29, 0.717) is 11.3 Å². The highest BCUT2D eigenvalue weighted by Gasteiger charge is 2.28. The first-order chi connectivity index (χ1) is 15.4. The average molecular weight is 436 g/mol. The van der Waals surface area contributed by atoms with Gasteiger partial charge in [0.15, 0.2) is 0 Å². The van der Waals surface area contributed by atoms with Gasteiger partial charge in [-0.15, -0.1) is 0 Å². The average Bonchev–Trinajstić information content (AvgIpc) is 2.83. The number of hydrogen-bond acceptors (Lipinski definition) is 5. The molecule has 1 unspecified atom stereocenters. The van der Waals surface area contributed by atoms with Crippen LogP contribution in [0.5, 0.6) is 0 Å². The van der Waals surface area contributed by atoms with Crippen molar-refractivity contribution in [3.05, 3.63) is 95.8 Å². The number of benzene rings is 3. The van der Waals surface area contributed by atoms with Crippen molar-refractivity contribution in [1.82, 2.24) is 0 Å². The highest BCUT2D eigenvalue weighted by atomic mass is 19.1. The Balaban J connectivity index is 1.89. The number of anilines is 2. The SMILES string of the molecule is COC(=O)N(C)c1ccccc1C(=O)OC(C(=O)Nc1ccc(F)cc1)c1ccccc1. The molecular formula is C24H21FN2O5. The molecule has 0 saturated carbocycles. The van der Waals surface area contributed by atoms with Gasteiger partial charge in [-0.1, -0.05) is 42.5 Å². The van der Waals surface area contributed by atoms with E-state index >= 15 is 0 Å². The minimum atomic E-state index is -1.29. The Hall–Kier alpha value is -4.20. The molecule has 7 nitrogen and oxygen atoms in total. The maximum Gasteiger partial charge on any atom is 0.413 e. The van der Waals surface area contributed by atoms with Crippen LogP contribution in [0.3, 0.4) is 0 Å². The fourth-order valence-corrected chi connectivity index (χ4v) is 2.99. The lowest BCUT2D eigenvalue weighted by atomic mass is 10.1. The third-order valence-electron chi connectivity index (χ3n) is 4.61. The van der Waals surface area contributed by atoms with Crippen LogP contribution in [0.1, 0.15) is 22.0 Å². The summed E-state index contributed by atoms with van der Waals surface area (Å²) in [5.41, 5.74) is 1.13. The normalized spacial score (nSPS) is 11.2. The number of para-hydroxylation sites is 1. The molecule has 0 aliphatic rings. The monoisotopic (exact) mass is 436 g/mol. The molecule has 0 saturated heterocycles. The topological polar surface area (TPSA) is 84.9 Å². The molecule has 3 aromatic carbocycles. The molecule has 0 heterocycles. The number of rotatable bonds is 6. The number of esters is 1. The van der Waals surface area contributed by atoms with Gasteiger partial charge in [0, 0.05) is 18.3 Å². The van der Waals surface area contributed by atoms with Gasteiger partial charge < -0.3 is 14.8 Å². The lowest BCUT2D eigenvalue weighted by Crippen LogP contribution is -2.29. The summed E-state index contributed by atoms with van der Waals surface area (Å²) < 4.78 is 23.5. The predicted octanol–water partition coefficient (Wildman–Crippen LogP) is 4.57. The third kappa shape index (κ3) is 5.28. The van der Waals surface area contributed by atoms with Crippen LogP contribution in [-0.4, -0.2) is 32.1 Å². The number of ether oxygens (including phenoxy) is 2. The van der Waals surface area contributed by atoms with Gasteiger partial charge >= 0.3 is 12.1 Å². The van der Waals surface area contributed by atoms with Crippen LogP contribution in [0, 0.1) is 5.82 Å². The molecule has 0 spiro atoms. The summed E-state index contributed by atoms with van der Waals surface area (Å²) in [5.74, 6) is -1.87. The molecule has 0 aliphatic carbocycles. The zero-order chi connectivity index (χ0) is 23.1. The molecule has 0 radical (unpaired) electrons. The fraction of sp³-hybridized carbons (Fsp3) is 0.125. The van der Waals surface area contributed by atoms with Crippen molar-refractivity contribution in [2.45, 2.75) is 6.10 Å². The minimum Gasteiger partial charge on any atom is -0.452 e. The Labute approximate surface area is 184 Å². The van der Waals surface area contributed by atoms with Gasteiger partial charge in [0.05, 0.1) is 18.4 Å². The van der Waals surface area contributed by atoms with Crippen molar-refractivity contribution in [1.29, 1.82) is 0 Å². The van der Waals surface area contributed by atoms with E-state index in [-0.39, 0.29) is 11.3 Å². The lowest BCUT2D eigenvalue weighted by molar-refractivity contribution is -0.125. The quantitative estimate of drug-likeness (QED) is 0.573. The molecule has 1 N–H and O–H groups in total. The van der Waals surface area contributed by atoms with E-state index in [1.54, 1.807) is 48.5 Å². The number of hydrogen-bond donors (Lipinski definition) is 1. The van der Waals surface area contributed by atoms with Gasteiger partial charge in [-0.2, -0.15) is 0 Å². The Kier molecular flexibility index (Phi) is 7.17. The molecular weight excluding hydrogens is 415 g/mol. The molecule has 1 atom stereocenters. The molecule has 0 aromatic heterocycles. The summed E-state index contributed by atoms with van der Waals surface area (Å²) in [6.07, 6.45) is -1.95. The second-order valence-corrected chi connectivity index (χ2v) is 6.74. The zero-order valence-corrected chi connectivity index (χ0v) is 17.4. The Morgan fingerprint density at radius 3 is 2.19 bits per heavy atom. The highest BCUT2D eigenvalue weighted by Crippen LogP contribution is 2.26. The van der Waals surface area contributed by atoms with Crippen molar-refractivity contribution in [2.24, 2.45) is 0 Å². The molecule has 3 aromatic rings. The Morgan fingerprint density at radius 1 is 0.906 bits per heavy atom. The van der Waals surface area contributed by atoms with Crippen molar-refractivity contribution in [2.75, 3.05) is 24.4 Å². The predicted molar refractivity (Wildman–Crippen MR) is 117 cm³/mol. The minimum absolute atomic E-state index is 0.0795. The van der Waals surface area contributed by atoms with Gasteiger partial charge in [-0.25, -0.2) is 14.0 Å². The number of nitrogens with zero attached hydrogens (tertiary/aromatic N) is 1. The molecule has 164 valence electrons. The van der Waals surface area contributed by atoms with E-state index in [0.717, 1.165) is 4.90 Å². The van der Waals surface area contributed by atoms with Gasteiger partial charge in [-0.3, -0.25) is 9.69 Å². The lowest BCUT2D eigenvalue weighted by Gasteiger charge is -2.21. The van der Waals surface area contributed by atoms with Crippen LogP contribution in [-0.2, 0) is 14.3 Å². The number of methoxy groups -OCH3 is 1. The van der Waals surface area contributed by atoms with Gasteiger partial charge in [-0.05, 0) is 36.4 Å². The smallest absolute Gasteiger partial charge is 0.413 e. The van der Waals surface area contributed by atoms with Crippen LogP contribution in [0.2, 0.25) is 0 Å². The number of halogens is 1. The summed E-state index contributed by atoms with van der Waals surface area (Å²) in [5, 5.41) is 2.62. The molecule has 0 fully saturated rings. The first-order valence-corrected chi connectivity index (χ1v) is 9.63. The molecule has 8 heteroatoms. The zero-order valence-electron chi connectivity index (χ0n) is 17.4. The van der Waals surface area contributed by atoms with Gasteiger partial charge in [0.2, 0.25) is 6.10 Å². The maximum atomic E-state index is 13.2. The fourth-order valence-electron chi connectivity index (χ4n) is 2.99. The molecule has 3 rings (SSSR count). The van der Waals surface area contributed by atoms with E-state index < -0.39 is 29.9 Å². The van der Waals surface area contributed by atoms with E-state index in [2.05, 4.69) is 5.32 Å². The summed E-state index contributed by atoms with van der Waals surface area (Å²) >= 11 is 0. The molecule has 32 heavy (non-hydrogen) atoms. The van der Waals surface area contributed by atoms with E-state index in [1.165, 1.54) is 44.5 Å². The maximum absolute atomic E-state index is 13.2. The van der Waals surface area contributed by atoms with Crippen LogP contribution in [0.15, 0.2) is 78.9 Å². The summed E-state index contributed by atoms with van der Waals surface area (Å²) in [6, 6.07) is 20.0. The summed E-state index contributed by atoms with van der Waals surface area (Å²) in [7, 11) is 2.68. The van der Waals surface area contributed by atoms with E-state index in [4.69, 9.17) is 9.47 Å². The molecule has 0 aliphatic heterocycles. The van der Waals surface area contributed by atoms with Crippen LogP contribution in [0.4, 0.5) is 20.6 Å². The number of carbonyl (C=O) groups excluding carboxylic acids is 3. The van der Waals surface area contributed by atoms with Crippen molar-refractivity contribution in [3.8, 4) is 0 Å². The number of amides is 2. The van der Waals surface area contributed by atoms with Crippen LogP contribution in [0.25, 0.3) is 0 Å². The first kappa shape index (κ1) is 22.5. The first-order valence-electron chi connectivity index (χ1n) is 9.63. The van der Waals surface area contributed by atoms with E-state index in [1.807, 2.05) is 0 Å². The highest BCUT2D eigenvalue weighted by molar-refractivity contribution is 6.02. The standard InChI is InChI=1S/C24H21FN2O5/c1-27(24(30)31-2)20-11-7-6-10-19(20)23(29)32-21(16-8-4-3-5-9-16)22(28)26-18-14-12-17(25)13-15-18/h3-15,21H,1-2H3,(H,26,28). The van der Waals surface area contributed by atoms with Gasteiger partial charge in [0.25, 0.3) is 5.91 Å². The number of nitrogens with one attached hydrogen (secondary N) is 1. The van der Waals surface area contributed by atoms with Crippen LogP contribution >= 0.6 is 0 Å². The van der Waals surface area contributed by atoms with Crippen molar-refractivity contribution >= 4 is 29.3 Å². The van der Waals surface area contributed by atoms with Crippen molar-refractivity contribution < 1.29 is 28.2 Å². The summed E-state index contributed by atoms with van der Waals surface area (Å²) in [6.45, 7) is 0. The second kappa shape index (κ2) is 10.2.